The Morgan fingerprint density at radius 2 is 1.72 bits per heavy atom. The van der Waals surface area contributed by atoms with Crippen LogP contribution in [0.4, 0.5) is 0 Å². The lowest BCUT2D eigenvalue weighted by atomic mass is 9.87. The molecule has 2 aliphatic heterocycles. The second-order valence-electron chi connectivity index (χ2n) is 8.31. The van der Waals surface area contributed by atoms with Crippen molar-refractivity contribution in [3.05, 3.63) is 35.4 Å². The molecule has 1 aromatic rings. The lowest BCUT2D eigenvalue weighted by Gasteiger charge is -2.19. The van der Waals surface area contributed by atoms with Crippen LogP contribution >= 0.6 is 0 Å². The minimum atomic E-state index is -0.115. The summed E-state index contributed by atoms with van der Waals surface area (Å²) < 4.78 is 0. The van der Waals surface area contributed by atoms with E-state index >= 15 is 0 Å². The standard InChI is InChI=1S/C20H29N3O2/c1-20(2,3)17-6-4-14(5-7-17)19(25)22-9-8-18(24)23-12-15-10-21-11-16(15)13-23/h4-7,15-16,21H,8-13H2,1-3H3,(H,22,25)/t15-,16+. The van der Waals surface area contributed by atoms with E-state index < -0.39 is 0 Å². The first kappa shape index (κ1) is 17.9. The van der Waals surface area contributed by atoms with Crippen molar-refractivity contribution < 1.29 is 9.59 Å². The van der Waals surface area contributed by atoms with Gasteiger partial charge in [0.2, 0.25) is 5.91 Å². The van der Waals surface area contributed by atoms with Crippen molar-refractivity contribution in [1.29, 1.82) is 0 Å². The maximum atomic E-state index is 12.3. The zero-order chi connectivity index (χ0) is 18.0. The summed E-state index contributed by atoms with van der Waals surface area (Å²) >= 11 is 0. The molecule has 2 N–H and O–H groups in total. The Morgan fingerprint density at radius 1 is 1.12 bits per heavy atom. The van der Waals surface area contributed by atoms with Crippen LogP contribution in [0.5, 0.6) is 0 Å². The summed E-state index contributed by atoms with van der Waals surface area (Å²) in [7, 11) is 0. The molecular formula is C20H29N3O2. The summed E-state index contributed by atoms with van der Waals surface area (Å²) in [5.74, 6) is 1.26. The van der Waals surface area contributed by atoms with Crippen LogP contribution in [-0.4, -0.2) is 49.4 Å². The molecule has 2 atom stereocenters. The second-order valence-corrected chi connectivity index (χ2v) is 8.31. The van der Waals surface area contributed by atoms with Gasteiger partial charge >= 0.3 is 0 Å². The molecule has 0 radical (unpaired) electrons. The van der Waals surface area contributed by atoms with Crippen molar-refractivity contribution in [2.75, 3.05) is 32.7 Å². The molecule has 2 amide bonds. The average molecular weight is 343 g/mol. The third-order valence-electron chi connectivity index (χ3n) is 5.38. The minimum absolute atomic E-state index is 0.0744. The summed E-state index contributed by atoms with van der Waals surface area (Å²) in [6.07, 6.45) is 0.374. The van der Waals surface area contributed by atoms with Crippen molar-refractivity contribution in [1.82, 2.24) is 15.5 Å². The highest BCUT2D eigenvalue weighted by Crippen LogP contribution is 2.26. The van der Waals surface area contributed by atoms with Gasteiger partial charge in [-0.2, -0.15) is 0 Å². The van der Waals surface area contributed by atoms with Crippen LogP contribution in [-0.2, 0) is 10.2 Å². The largest absolute Gasteiger partial charge is 0.352 e. The predicted octanol–water partition coefficient (Wildman–Crippen LogP) is 1.78. The molecule has 25 heavy (non-hydrogen) atoms. The van der Waals surface area contributed by atoms with Crippen molar-refractivity contribution in [2.24, 2.45) is 11.8 Å². The average Bonchev–Trinajstić information content (AvgIpc) is 3.15. The van der Waals surface area contributed by atoms with Gasteiger partial charge < -0.3 is 15.5 Å². The molecule has 0 aromatic heterocycles. The number of nitrogens with one attached hydrogen (secondary N) is 2. The zero-order valence-electron chi connectivity index (χ0n) is 15.5. The maximum Gasteiger partial charge on any atom is 0.251 e. The number of carbonyl (C=O) groups excluding carboxylic acids is 2. The molecular weight excluding hydrogens is 314 g/mol. The molecule has 2 fully saturated rings. The number of hydrogen-bond donors (Lipinski definition) is 2. The molecule has 3 rings (SSSR count). The highest BCUT2D eigenvalue weighted by atomic mass is 16.2. The van der Waals surface area contributed by atoms with E-state index in [2.05, 4.69) is 31.4 Å². The highest BCUT2D eigenvalue weighted by Gasteiger charge is 2.37. The lowest BCUT2D eigenvalue weighted by Crippen LogP contribution is -2.35. The minimum Gasteiger partial charge on any atom is -0.352 e. The van der Waals surface area contributed by atoms with Gasteiger partial charge in [-0.25, -0.2) is 0 Å². The van der Waals surface area contributed by atoms with Crippen LogP contribution in [0.3, 0.4) is 0 Å². The van der Waals surface area contributed by atoms with Gasteiger partial charge in [0.15, 0.2) is 0 Å². The Bertz CT molecular complexity index is 621. The fraction of sp³-hybridized carbons (Fsp3) is 0.600. The smallest absolute Gasteiger partial charge is 0.251 e. The number of rotatable bonds is 4. The van der Waals surface area contributed by atoms with Gasteiger partial charge in [-0.15, -0.1) is 0 Å². The van der Waals surface area contributed by atoms with Crippen LogP contribution in [0.1, 0.15) is 43.1 Å². The molecule has 0 saturated carbocycles. The predicted molar refractivity (Wildman–Crippen MR) is 98.5 cm³/mol. The van der Waals surface area contributed by atoms with Crippen molar-refractivity contribution >= 4 is 11.8 Å². The van der Waals surface area contributed by atoms with E-state index in [1.807, 2.05) is 29.2 Å². The fourth-order valence-electron chi connectivity index (χ4n) is 3.72. The lowest BCUT2D eigenvalue weighted by molar-refractivity contribution is -0.130. The third kappa shape index (κ3) is 4.21. The molecule has 5 heteroatoms. The van der Waals surface area contributed by atoms with Crippen LogP contribution in [0, 0.1) is 11.8 Å². The Balaban J connectivity index is 1.44. The quantitative estimate of drug-likeness (QED) is 0.876. The van der Waals surface area contributed by atoms with E-state index in [1.54, 1.807) is 0 Å². The highest BCUT2D eigenvalue weighted by molar-refractivity contribution is 5.94. The molecule has 136 valence electrons. The molecule has 0 aliphatic carbocycles. The van der Waals surface area contributed by atoms with Crippen molar-refractivity contribution in [3.8, 4) is 0 Å². The first-order valence-electron chi connectivity index (χ1n) is 9.22. The zero-order valence-corrected chi connectivity index (χ0v) is 15.5. The number of likely N-dealkylation sites (tertiary alicyclic amines) is 1. The number of amides is 2. The van der Waals surface area contributed by atoms with Gasteiger partial charge in [0.25, 0.3) is 5.91 Å². The molecule has 2 aliphatic rings. The Morgan fingerprint density at radius 3 is 2.28 bits per heavy atom. The third-order valence-corrected chi connectivity index (χ3v) is 5.38. The van der Waals surface area contributed by atoms with E-state index in [1.165, 1.54) is 5.56 Å². The Hall–Kier alpha value is -1.88. The maximum absolute atomic E-state index is 12.3. The molecule has 2 saturated heterocycles. The summed E-state index contributed by atoms with van der Waals surface area (Å²) in [6, 6.07) is 7.70. The van der Waals surface area contributed by atoms with Gasteiger partial charge in [0.05, 0.1) is 0 Å². The summed E-state index contributed by atoms with van der Waals surface area (Å²) in [5, 5.41) is 6.24. The van der Waals surface area contributed by atoms with Crippen molar-refractivity contribution in [2.45, 2.75) is 32.6 Å². The van der Waals surface area contributed by atoms with Crippen LogP contribution in [0.25, 0.3) is 0 Å². The summed E-state index contributed by atoms with van der Waals surface area (Å²) in [4.78, 5) is 26.5. The summed E-state index contributed by atoms with van der Waals surface area (Å²) in [5.41, 5.74) is 1.92. The fourth-order valence-corrected chi connectivity index (χ4v) is 3.72. The molecule has 1 aromatic carbocycles. The van der Waals surface area contributed by atoms with Gasteiger partial charge in [-0.1, -0.05) is 32.9 Å². The molecule has 0 spiro atoms. The number of nitrogens with zero attached hydrogens (tertiary/aromatic N) is 1. The summed E-state index contributed by atoms with van der Waals surface area (Å²) in [6.45, 7) is 10.6. The van der Waals surface area contributed by atoms with E-state index in [0.717, 1.165) is 26.2 Å². The first-order chi connectivity index (χ1) is 11.8. The van der Waals surface area contributed by atoms with Crippen molar-refractivity contribution in [3.63, 3.8) is 0 Å². The van der Waals surface area contributed by atoms with E-state index in [4.69, 9.17) is 0 Å². The van der Waals surface area contributed by atoms with Gasteiger partial charge in [-0.3, -0.25) is 9.59 Å². The SMILES string of the molecule is CC(C)(C)c1ccc(C(=O)NCCC(=O)N2C[C@H]3CNC[C@H]3C2)cc1. The molecule has 2 heterocycles. The first-order valence-corrected chi connectivity index (χ1v) is 9.22. The van der Waals surface area contributed by atoms with Crippen LogP contribution < -0.4 is 10.6 Å². The van der Waals surface area contributed by atoms with Gasteiger partial charge in [-0.05, 0) is 34.9 Å². The Labute approximate surface area is 150 Å². The second kappa shape index (κ2) is 7.16. The van der Waals surface area contributed by atoms with Crippen LogP contribution in [0.2, 0.25) is 0 Å². The monoisotopic (exact) mass is 343 g/mol. The molecule has 0 bridgehead atoms. The van der Waals surface area contributed by atoms with E-state index in [0.29, 0.717) is 30.4 Å². The van der Waals surface area contributed by atoms with E-state index in [-0.39, 0.29) is 17.2 Å². The normalized spacial score (nSPS) is 22.8. The molecule has 0 unspecified atom stereocenters. The number of hydrogen-bond acceptors (Lipinski definition) is 3. The topological polar surface area (TPSA) is 61.4 Å². The number of fused-ring (bicyclic) bond motifs is 1. The van der Waals surface area contributed by atoms with Crippen LogP contribution in [0.15, 0.2) is 24.3 Å². The van der Waals surface area contributed by atoms with Gasteiger partial charge in [0, 0.05) is 44.7 Å². The Kier molecular flexibility index (Phi) is 5.13. The molecule has 5 nitrogen and oxygen atoms in total. The number of carbonyl (C=O) groups is 2. The van der Waals surface area contributed by atoms with E-state index in [9.17, 15) is 9.59 Å². The van der Waals surface area contributed by atoms with Gasteiger partial charge in [0.1, 0.15) is 0 Å². The number of benzene rings is 1.